The molecule has 1 saturated carbocycles. The lowest BCUT2D eigenvalue weighted by molar-refractivity contribution is 0.216. The van der Waals surface area contributed by atoms with Crippen LogP contribution in [0, 0.1) is 5.92 Å². The molecule has 86 valence electrons. The van der Waals surface area contributed by atoms with Crippen LogP contribution in [0.5, 0.6) is 5.88 Å². The zero-order chi connectivity index (χ0) is 11.4. The first kappa shape index (κ1) is 11.3. The molecule has 0 amide bonds. The van der Waals surface area contributed by atoms with Gasteiger partial charge < -0.3 is 10.5 Å². The highest BCUT2D eigenvalue weighted by Gasteiger charge is 2.17. The minimum absolute atomic E-state index is 0.300. The Kier molecular flexibility index (Phi) is 3.66. The molecule has 1 aromatic rings. The Labute approximate surface area is 100 Å². The molecule has 0 unspecified atom stereocenters. The molecule has 0 atom stereocenters. The summed E-state index contributed by atoms with van der Waals surface area (Å²) < 4.78 is 5.56. The van der Waals surface area contributed by atoms with Crippen LogP contribution in [-0.2, 0) is 0 Å². The number of ether oxygens (including phenoxy) is 1. The number of rotatable bonds is 5. The second-order valence-electron chi connectivity index (χ2n) is 4.05. The Balaban J connectivity index is 1.89. The molecule has 2 N–H and O–H groups in total. The number of nitrogens with two attached hydrogens (primary N) is 1. The van der Waals surface area contributed by atoms with Crippen LogP contribution < -0.4 is 10.5 Å². The third-order valence-corrected chi connectivity index (χ3v) is 3.16. The highest BCUT2D eigenvalue weighted by Crippen LogP contribution is 2.29. The van der Waals surface area contributed by atoms with E-state index in [-0.39, 0.29) is 0 Å². The SMILES string of the molecule is NC(=S)c1ccnnc1OCCC1CCC1. The minimum atomic E-state index is 0.300. The number of hydrogen-bond donors (Lipinski definition) is 1. The highest BCUT2D eigenvalue weighted by atomic mass is 32.1. The summed E-state index contributed by atoms with van der Waals surface area (Å²) in [5.41, 5.74) is 6.23. The first-order valence-corrected chi connectivity index (χ1v) is 5.92. The summed E-state index contributed by atoms with van der Waals surface area (Å²) >= 11 is 4.92. The number of aromatic nitrogens is 2. The largest absolute Gasteiger partial charge is 0.476 e. The van der Waals surface area contributed by atoms with E-state index in [2.05, 4.69) is 10.2 Å². The number of thiocarbonyl (C=S) groups is 1. The minimum Gasteiger partial charge on any atom is -0.476 e. The zero-order valence-corrected chi connectivity index (χ0v) is 9.87. The Morgan fingerprint density at radius 2 is 2.38 bits per heavy atom. The van der Waals surface area contributed by atoms with E-state index in [1.165, 1.54) is 19.3 Å². The lowest BCUT2D eigenvalue weighted by atomic mass is 9.83. The molecule has 5 heteroatoms. The summed E-state index contributed by atoms with van der Waals surface area (Å²) in [4.78, 5) is 0.300. The average molecular weight is 237 g/mol. The summed E-state index contributed by atoms with van der Waals surface area (Å²) in [5, 5.41) is 7.67. The van der Waals surface area contributed by atoms with Crippen LogP contribution in [-0.4, -0.2) is 21.8 Å². The molecule has 16 heavy (non-hydrogen) atoms. The van der Waals surface area contributed by atoms with E-state index in [9.17, 15) is 0 Å². The molecule has 0 aromatic carbocycles. The van der Waals surface area contributed by atoms with E-state index in [1.54, 1.807) is 12.3 Å². The van der Waals surface area contributed by atoms with Crippen LogP contribution in [0.3, 0.4) is 0 Å². The van der Waals surface area contributed by atoms with Crippen molar-refractivity contribution in [3.8, 4) is 5.88 Å². The van der Waals surface area contributed by atoms with Gasteiger partial charge >= 0.3 is 0 Å². The first-order chi connectivity index (χ1) is 7.77. The van der Waals surface area contributed by atoms with Gasteiger partial charge in [-0.2, -0.15) is 5.10 Å². The van der Waals surface area contributed by atoms with E-state index in [0.717, 1.165) is 12.3 Å². The summed E-state index contributed by atoms with van der Waals surface area (Å²) in [6, 6.07) is 1.73. The van der Waals surface area contributed by atoms with Gasteiger partial charge in [-0.3, -0.25) is 0 Å². The van der Waals surface area contributed by atoms with Crippen molar-refractivity contribution in [1.29, 1.82) is 0 Å². The lowest BCUT2D eigenvalue weighted by Crippen LogP contribution is -2.17. The molecule has 0 aliphatic heterocycles. The second kappa shape index (κ2) is 5.21. The third kappa shape index (κ3) is 2.66. The monoisotopic (exact) mass is 237 g/mol. The van der Waals surface area contributed by atoms with Gasteiger partial charge in [0.1, 0.15) is 4.99 Å². The average Bonchev–Trinajstić information content (AvgIpc) is 2.22. The molecule has 0 radical (unpaired) electrons. The molecule has 1 aliphatic rings. The van der Waals surface area contributed by atoms with Crippen molar-refractivity contribution in [3.63, 3.8) is 0 Å². The van der Waals surface area contributed by atoms with Gasteiger partial charge in [0.15, 0.2) is 0 Å². The highest BCUT2D eigenvalue weighted by molar-refractivity contribution is 7.80. The Morgan fingerprint density at radius 3 is 3.00 bits per heavy atom. The first-order valence-electron chi connectivity index (χ1n) is 5.51. The molecular formula is C11H15N3OS. The van der Waals surface area contributed by atoms with Gasteiger partial charge in [0.05, 0.1) is 18.4 Å². The van der Waals surface area contributed by atoms with E-state index < -0.39 is 0 Å². The third-order valence-electron chi connectivity index (χ3n) is 2.94. The Hall–Kier alpha value is -1.23. The van der Waals surface area contributed by atoms with Crippen molar-refractivity contribution in [2.45, 2.75) is 25.7 Å². The van der Waals surface area contributed by atoms with Crippen LogP contribution in [0.25, 0.3) is 0 Å². The van der Waals surface area contributed by atoms with E-state index in [0.29, 0.717) is 23.0 Å². The normalized spacial score (nSPS) is 15.5. The maximum absolute atomic E-state index is 5.57. The maximum atomic E-state index is 5.57. The van der Waals surface area contributed by atoms with E-state index >= 15 is 0 Å². The van der Waals surface area contributed by atoms with Gasteiger partial charge in [0.25, 0.3) is 0 Å². The molecule has 1 aliphatic carbocycles. The van der Waals surface area contributed by atoms with Gasteiger partial charge in [0, 0.05) is 0 Å². The van der Waals surface area contributed by atoms with Crippen molar-refractivity contribution >= 4 is 17.2 Å². The van der Waals surface area contributed by atoms with Crippen molar-refractivity contribution in [2.75, 3.05) is 6.61 Å². The van der Waals surface area contributed by atoms with Gasteiger partial charge in [-0.1, -0.05) is 31.5 Å². The van der Waals surface area contributed by atoms with Gasteiger partial charge in [-0.15, -0.1) is 5.10 Å². The van der Waals surface area contributed by atoms with Gasteiger partial charge in [-0.25, -0.2) is 0 Å². The van der Waals surface area contributed by atoms with Gasteiger partial charge in [0.2, 0.25) is 5.88 Å². The van der Waals surface area contributed by atoms with Crippen LogP contribution in [0.2, 0.25) is 0 Å². The second-order valence-corrected chi connectivity index (χ2v) is 4.49. The summed E-state index contributed by atoms with van der Waals surface area (Å²) in [7, 11) is 0. The molecule has 0 spiro atoms. The topological polar surface area (TPSA) is 61.0 Å². The molecule has 2 rings (SSSR count). The predicted molar refractivity (Wildman–Crippen MR) is 65.4 cm³/mol. The molecular weight excluding hydrogens is 222 g/mol. The maximum Gasteiger partial charge on any atom is 0.243 e. The molecule has 4 nitrogen and oxygen atoms in total. The summed E-state index contributed by atoms with van der Waals surface area (Å²) in [5.74, 6) is 1.28. The predicted octanol–water partition coefficient (Wildman–Crippen LogP) is 1.68. The van der Waals surface area contributed by atoms with Crippen molar-refractivity contribution in [2.24, 2.45) is 11.7 Å². The number of nitrogens with zero attached hydrogens (tertiary/aromatic N) is 2. The van der Waals surface area contributed by atoms with Crippen molar-refractivity contribution in [1.82, 2.24) is 10.2 Å². The quantitative estimate of drug-likeness (QED) is 0.789. The van der Waals surface area contributed by atoms with Crippen LogP contribution in [0.15, 0.2) is 12.3 Å². The zero-order valence-electron chi connectivity index (χ0n) is 9.06. The molecule has 1 aromatic heterocycles. The van der Waals surface area contributed by atoms with E-state index in [1.807, 2.05) is 0 Å². The fraction of sp³-hybridized carbons (Fsp3) is 0.545. The fourth-order valence-corrected chi connectivity index (χ4v) is 1.87. The van der Waals surface area contributed by atoms with Crippen LogP contribution in [0.4, 0.5) is 0 Å². The fourth-order valence-electron chi connectivity index (χ4n) is 1.72. The standard InChI is InChI=1S/C11H15N3OS/c12-10(16)9-4-6-13-14-11(9)15-7-5-8-2-1-3-8/h4,6,8H,1-3,5,7H2,(H2,12,16). The Bertz CT molecular complexity index is 379. The molecule has 0 saturated heterocycles. The Morgan fingerprint density at radius 1 is 1.56 bits per heavy atom. The molecule has 1 fully saturated rings. The van der Waals surface area contributed by atoms with Crippen LogP contribution >= 0.6 is 12.2 Å². The molecule has 0 bridgehead atoms. The number of hydrogen-bond acceptors (Lipinski definition) is 4. The smallest absolute Gasteiger partial charge is 0.243 e. The molecule has 1 heterocycles. The van der Waals surface area contributed by atoms with Gasteiger partial charge in [-0.05, 0) is 18.4 Å². The lowest BCUT2D eigenvalue weighted by Gasteiger charge is -2.24. The summed E-state index contributed by atoms with van der Waals surface area (Å²) in [6.07, 6.45) is 6.65. The van der Waals surface area contributed by atoms with Crippen molar-refractivity contribution in [3.05, 3.63) is 17.8 Å². The van der Waals surface area contributed by atoms with E-state index in [4.69, 9.17) is 22.7 Å². The van der Waals surface area contributed by atoms with Crippen molar-refractivity contribution < 1.29 is 4.74 Å². The van der Waals surface area contributed by atoms with Crippen LogP contribution in [0.1, 0.15) is 31.2 Å². The summed E-state index contributed by atoms with van der Waals surface area (Å²) in [6.45, 7) is 0.666.